The highest BCUT2D eigenvalue weighted by atomic mass is 16.2. The number of imide groups is 2. The van der Waals surface area contributed by atoms with E-state index in [2.05, 4.69) is 24.5 Å². The number of hydrogen-bond donors (Lipinski definition) is 2. The zero-order valence-corrected chi connectivity index (χ0v) is 21.4. The first-order chi connectivity index (χ1) is 17.3. The van der Waals surface area contributed by atoms with E-state index in [0.29, 0.717) is 11.4 Å². The van der Waals surface area contributed by atoms with Crippen LogP contribution in [0.25, 0.3) is 0 Å². The molecule has 2 aliphatic carbocycles. The molecule has 194 valence electrons. The number of carbonyl (C=O) groups excluding carboxylic acids is 4. The van der Waals surface area contributed by atoms with Gasteiger partial charge in [0.1, 0.15) is 0 Å². The SMILES string of the molecule is CC1CCC(NC2CC(=O)N(c3ccc(N4C(=O)CC(NC5CCC(C)CC5)C4=O)cc3)C2=O)CC1. The minimum Gasteiger partial charge on any atom is -0.303 e. The first kappa shape index (κ1) is 25.1. The molecule has 5 rings (SSSR count). The average Bonchev–Trinajstić information content (AvgIpc) is 3.30. The fraction of sp³-hybridized carbons (Fsp3) is 0.643. The molecule has 2 saturated carbocycles. The van der Waals surface area contributed by atoms with E-state index in [4.69, 9.17) is 0 Å². The number of benzene rings is 1. The standard InChI is InChI=1S/C28H38N4O4/c1-17-3-7-19(8-4-17)29-23-15-25(33)31(27(23)35)21-11-13-22(14-12-21)32-26(34)16-24(28(32)36)30-20-9-5-18(2)6-10-20/h11-14,17-20,23-24,29-30H,3-10,15-16H2,1-2H3. The molecule has 2 saturated heterocycles. The van der Waals surface area contributed by atoms with Crippen LogP contribution in [0.5, 0.6) is 0 Å². The molecule has 2 aliphatic heterocycles. The zero-order chi connectivity index (χ0) is 25.4. The van der Waals surface area contributed by atoms with Gasteiger partial charge in [0.05, 0.1) is 36.3 Å². The largest absolute Gasteiger partial charge is 0.303 e. The second kappa shape index (κ2) is 10.4. The van der Waals surface area contributed by atoms with Crippen LogP contribution in [0.3, 0.4) is 0 Å². The van der Waals surface area contributed by atoms with E-state index in [-0.39, 0.29) is 48.6 Å². The van der Waals surface area contributed by atoms with Gasteiger partial charge in [-0.1, -0.05) is 13.8 Å². The van der Waals surface area contributed by atoms with E-state index in [1.54, 1.807) is 24.3 Å². The van der Waals surface area contributed by atoms with Gasteiger partial charge in [-0.15, -0.1) is 0 Å². The highest BCUT2D eigenvalue weighted by Gasteiger charge is 2.42. The fourth-order valence-corrected chi connectivity index (χ4v) is 6.24. The molecule has 0 bridgehead atoms. The van der Waals surface area contributed by atoms with E-state index in [1.165, 1.54) is 9.80 Å². The number of anilines is 2. The number of nitrogens with zero attached hydrogens (tertiary/aromatic N) is 2. The van der Waals surface area contributed by atoms with Gasteiger partial charge in [0.15, 0.2) is 0 Å². The van der Waals surface area contributed by atoms with Crippen molar-refractivity contribution < 1.29 is 19.2 Å². The van der Waals surface area contributed by atoms with Gasteiger partial charge in [-0.3, -0.25) is 19.2 Å². The normalized spacial score (nSPS) is 33.6. The molecule has 2 heterocycles. The fourth-order valence-electron chi connectivity index (χ4n) is 6.24. The summed E-state index contributed by atoms with van der Waals surface area (Å²) in [5.41, 5.74) is 0.945. The molecular formula is C28H38N4O4. The van der Waals surface area contributed by atoms with Gasteiger partial charge in [0, 0.05) is 12.1 Å². The molecule has 36 heavy (non-hydrogen) atoms. The van der Waals surface area contributed by atoms with Crippen molar-refractivity contribution in [3.8, 4) is 0 Å². The van der Waals surface area contributed by atoms with Crippen LogP contribution in [0.15, 0.2) is 24.3 Å². The van der Waals surface area contributed by atoms with Gasteiger partial charge >= 0.3 is 0 Å². The zero-order valence-electron chi connectivity index (χ0n) is 21.4. The number of carbonyl (C=O) groups is 4. The molecule has 2 atom stereocenters. The van der Waals surface area contributed by atoms with Crippen LogP contribution in [0, 0.1) is 11.8 Å². The molecule has 4 amide bonds. The lowest BCUT2D eigenvalue weighted by Gasteiger charge is -2.29. The van der Waals surface area contributed by atoms with Crippen molar-refractivity contribution in [2.24, 2.45) is 11.8 Å². The Morgan fingerprint density at radius 1 is 0.583 bits per heavy atom. The van der Waals surface area contributed by atoms with E-state index >= 15 is 0 Å². The van der Waals surface area contributed by atoms with Gasteiger partial charge in [0.25, 0.3) is 11.8 Å². The van der Waals surface area contributed by atoms with Crippen molar-refractivity contribution in [1.29, 1.82) is 0 Å². The molecule has 8 heteroatoms. The van der Waals surface area contributed by atoms with E-state index in [9.17, 15) is 19.2 Å². The summed E-state index contributed by atoms with van der Waals surface area (Å²) in [5, 5.41) is 6.82. The monoisotopic (exact) mass is 494 g/mol. The molecule has 0 radical (unpaired) electrons. The van der Waals surface area contributed by atoms with Crippen LogP contribution < -0.4 is 20.4 Å². The van der Waals surface area contributed by atoms with Crippen molar-refractivity contribution in [3.05, 3.63) is 24.3 Å². The molecule has 1 aromatic rings. The molecular weight excluding hydrogens is 456 g/mol. The van der Waals surface area contributed by atoms with E-state index in [1.807, 2.05) is 0 Å². The summed E-state index contributed by atoms with van der Waals surface area (Å²) in [6.45, 7) is 4.51. The topological polar surface area (TPSA) is 98.8 Å². The lowest BCUT2D eigenvalue weighted by atomic mass is 9.87. The predicted molar refractivity (Wildman–Crippen MR) is 137 cm³/mol. The summed E-state index contributed by atoms with van der Waals surface area (Å²) in [6, 6.07) is 6.17. The second-order valence-electron chi connectivity index (χ2n) is 11.4. The van der Waals surface area contributed by atoms with Crippen molar-refractivity contribution in [2.75, 3.05) is 9.80 Å². The maximum atomic E-state index is 13.1. The van der Waals surface area contributed by atoms with Gasteiger partial charge in [-0.25, -0.2) is 9.80 Å². The van der Waals surface area contributed by atoms with E-state index in [0.717, 1.165) is 63.2 Å². The first-order valence-electron chi connectivity index (χ1n) is 13.7. The van der Waals surface area contributed by atoms with Crippen LogP contribution in [0.1, 0.15) is 78.1 Å². The number of nitrogens with one attached hydrogen (secondary N) is 2. The maximum absolute atomic E-state index is 13.1. The Bertz CT molecular complexity index is 928. The quantitative estimate of drug-likeness (QED) is 0.589. The number of hydrogen-bond acceptors (Lipinski definition) is 6. The Balaban J connectivity index is 1.21. The summed E-state index contributed by atoms with van der Waals surface area (Å²) >= 11 is 0. The van der Waals surface area contributed by atoms with E-state index < -0.39 is 12.1 Å². The molecule has 2 N–H and O–H groups in total. The van der Waals surface area contributed by atoms with Crippen LogP contribution in [-0.4, -0.2) is 47.8 Å². The predicted octanol–water partition coefficient (Wildman–Crippen LogP) is 3.29. The maximum Gasteiger partial charge on any atom is 0.251 e. The van der Waals surface area contributed by atoms with Crippen LogP contribution in [-0.2, 0) is 19.2 Å². The van der Waals surface area contributed by atoms with Crippen LogP contribution in [0.2, 0.25) is 0 Å². The summed E-state index contributed by atoms with van der Waals surface area (Å²) in [4.78, 5) is 54.0. The Kier molecular flexibility index (Phi) is 7.26. The van der Waals surface area contributed by atoms with Crippen molar-refractivity contribution in [1.82, 2.24) is 10.6 Å². The summed E-state index contributed by atoms with van der Waals surface area (Å²) in [6.07, 6.45) is 8.99. The van der Waals surface area contributed by atoms with Crippen LogP contribution in [0.4, 0.5) is 11.4 Å². The molecule has 4 fully saturated rings. The molecule has 2 unspecified atom stereocenters. The Hall–Kier alpha value is -2.58. The van der Waals surface area contributed by atoms with Gasteiger partial charge in [0.2, 0.25) is 11.8 Å². The van der Waals surface area contributed by atoms with Gasteiger partial charge in [-0.2, -0.15) is 0 Å². The molecule has 0 spiro atoms. The Morgan fingerprint density at radius 2 is 0.917 bits per heavy atom. The highest BCUT2D eigenvalue weighted by molar-refractivity contribution is 6.24. The van der Waals surface area contributed by atoms with Crippen molar-refractivity contribution >= 4 is 35.0 Å². The average molecular weight is 495 g/mol. The molecule has 8 nitrogen and oxygen atoms in total. The van der Waals surface area contributed by atoms with Crippen molar-refractivity contribution in [2.45, 2.75) is 102 Å². The van der Waals surface area contributed by atoms with Gasteiger partial charge < -0.3 is 10.6 Å². The minimum absolute atomic E-state index is 0.156. The molecule has 4 aliphatic rings. The van der Waals surface area contributed by atoms with Crippen molar-refractivity contribution in [3.63, 3.8) is 0 Å². The smallest absolute Gasteiger partial charge is 0.251 e. The third-order valence-corrected chi connectivity index (χ3v) is 8.56. The minimum atomic E-state index is -0.494. The first-order valence-corrected chi connectivity index (χ1v) is 13.7. The Labute approximate surface area is 213 Å². The summed E-state index contributed by atoms with van der Waals surface area (Å²) < 4.78 is 0. The molecule has 1 aromatic carbocycles. The summed E-state index contributed by atoms with van der Waals surface area (Å²) in [5.74, 6) is 0.519. The lowest BCUT2D eigenvalue weighted by Crippen LogP contribution is -2.45. The number of amides is 4. The number of rotatable bonds is 6. The highest BCUT2D eigenvalue weighted by Crippen LogP contribution is 2.31. The third kappa shape index (κ3) is 5.11. The second-order valence-corrected chi connectivity index (χ2v) is 11.4. The van der Waals surface area contributed by atoms with Crippen LogP contribution >= 0.6 is 0 Å². The Morgan fingerprint density at radius 3 is 1.25 bits per heavy atom. The molecule has 0 aromatic heterocycles. The van der Waals surface area contributed by atoms with Gasteiger partial charge in [-0.05, 0) is 87.5 Å². The third-order valence-electron chi connectivity index (χ3n) is 8.56. The lowest BCUT2D eigenvalue weighted by molar-refractivity contribution is -0.123. The summed E-state index contributed by atoms with van der Waals surface area (Å²) in [7, 11) is 0.